The second-order valence-corrected chi connectivity index (χ2v) is 7.80. The van der Waals surface area contributed by atoms with Gasteiger partial charge in [-0.1, -0.05) is 60.7 Å². The molecule has 0 aliphatic carbocycles. The Hall–Kier alpha value is -4.06. The van der Waals surface area contributed by atoms with Gasteiger partial charge in [0, 0.05) is 24.2 Å². The highest BCUT2D eigenvalue weighted by atomic mass is 16.3. The highest BCUT2D eigenvalue weighted by Crippen LogP contribution is 2.28. The van der Waals surface area contributed by atoms with Gasteiger partial charge in [0.25, 0.3) is 11.8 Å². The van der Waals surface area contributed by atoms with Gasteiger partial charge in [-0.2, -0.15) is 0 Å². The molecule has 2 amide bonds. The van der Waals surface area contributed by atoms with E-state index < -0.39 is 0 Å². The van der Waals surface area contributed by atoms with E-state index >= 15 is 0 Å². The summed E-state index contributed by atoms with van der Waals surface area (Å²) < 4.78 is 11.5. The normalized spacial score (nSPS) is 10.7. The van der Waals surface area contributed by atoms with E-state index in [1.807, 2.05) is 74.5 Å². The third-order valence-corrected chi connectivity index (χ3v) is 5.20. The van der Waals surface area contributed by atoms with Crippen LogP contribution in [-0.4, -0.2) is 24.9 Å². The van der Waals surface area contributed by atoms with Crippen LogP contribution in [0, 0.1) is 13.8 Å². The van der Waals surface area contributed by atoms with E-state index in [9.17, 15) is 9.59 Å². The van der Waals surface area contributed by atoms with Gasteiger partial charge >= 0.3 is 0 Å². The SMILES string of the molecule is Cc1cc(C(=O)NCCCNC(=O)c2cc(C)oc2-c2ccccc2)c(-c2ccccc2)o1. The Kier molecular flexibility index (Phi) is 6.74. The van der Waals surface area contributed by atoms with E-state index in [-0.39, 0.29) is 11.8 Å². The fourth-order valence-corrected chi connectivity index (χ4v) is 3.66. The second kappa shape index (κ2) is 10.0. The van der Waals surface area contributed by atoms with Crippen molar-refractivity contribution in [3.63, 3.8) is 0 Å². The Bertz CT molecular complexity index is 1140. The van der Waals surface area contributed by atoms with Crippen LogP contribution in [0.15, 0.2) is 81.6 Å². The first-order chi connectivity index (χ1) is 16.0. The summed E-state index contributed by atoms with van der Waals surface area (Å²) in [5.41, 5.74) is 2.72. The number of nitrogens with one attached hydrogen (secondary N) is 2. The molecule has 0 saturated heterocycles. The van der Waals surface area contributed by atoms with Crippen molar-refractivity contribution in [1.82, 2.24) is 10.6 Å². The Morgan fingerprint density at radius 2 is 1.06 bits per heavy atom. The molecule has 6 nitrogen and oxygen atoms in total. The molecule has 0 fully saturated rings. The molecule has 0 radical (unpaired) electrons. The van der Waals surface area contributed by atoms with Crippen LogP contribution in [-0.2, 0) is 0 Å². The summed E-state index contributed by atoms with van der Waals surface area (Å²) in [5, 5.41) is 5.82. The number of rotatable bonds is 8. The molecule has 4 rings (SSSR count). The van der Waals surface area contributed by atoms with Gasteiger partial charge in [-0.05, 0) is 32.4 Å². The molecule has 2 aromatic heterocycles. The zero-order valence-corrected chi connectivity index (χ0v) is 18.7. The highest BCUT2D eigenvalue weighted by molar-refractivity contribution is 6.00. The summed E-state index contributed by atoms with van der Waals surface area (Å²) in [7, 11) is 0. The summed E-state index contributed by atoms with van der Waals surface area (Å²) in [6.07, 6.45) is 0.590. The zero-order valence-electron chi connectivity index (χ0n) is 18.7. The number of hydrogen-bond acceptors (Lipinski definition) is 4. The molecule has 0 atom stereocenters. The van der Waals surface area contributed by atoms with E-state index in [4.69, 9.17) is 8.83 Å². The molecule has 0 aliphatic heterocycles. The number of carbonyl (C=O) groups excluding carboxylic acids is 2. The molecule has 2 heterocycles. The lowest BCUT2D eigenvalue weighted by Crippen LogP contribution is -2.30. The fourth-order valence-electron chi connectivity index (χ4n) is 3.66. The minimum atomic E-state index is -0.200. The van der Waals surface area contributed by atoms with Crippen molar-refractivity contribution >= 4 is 11.8 Å². The third-order valence-electron chi connectivity index (χ3n) is 5.20. The number of aryl methyl sites for hydroxylation is 2. The van der Waals surface area contributed by atoms with E-state index in [0.717, 1.165) is 11.1 Å². The molecule has 4 aromatic rings. The van der Waals surface area contributed by atoms with Crippen molar-refractivity contribution in [2.75, 3.05) is 13.1 Å². The summed E-state index contributed by atoms with van der Waals surface area (Å²) in [6.45, 7) is 4.49. The topological polar surface area (TPSA) is 84.5 Å². The van der Waals surface area contributed by atoms with Crippen LogP contribution in [0.1, 0.15) is 38.7 Å². The van der Waals surface area contributed by atoms with Crippen LogP contribution in [0.5, 0.6) is 0 Å². The first kappa shape index (κ1) is 22.1. The molecule has 0 saturated carbocycles. The largest absolute Gasteiger partial charge is 0.461 e. The van der Waals surface area contributed by atoms with Crippen molar-refractivity contribution in [1.29, 1.82) is 0 Å². The Morgan fingerprint density at radius 3 is 1.45 bits per heavy atom. The summed E-state index contributed by atoms with van der Waals surface area (Å²) in [5.74, 6) is 2.07. The summed E-state index contributed by atoms with van der Waals surface area (Å²) >= 11 is 0. The average molecular weight is 443 g/mol. The molecular formula is C27H26N2O4. The molecule has 0 bridgehead atoms. The van der Waals surface area contributed by atoms with Gasteiger partial charge in [0.2, 0.25) is 0 Å². The molecule has 168 valence electrons. The quantitative estimate of drug-likeness (QED) is 0.359. The van der Waals surface area contributed by atoms with Crippen LogP contribution in [0.4, 0.5) is 0 Å². The number of hydrogen-bond donors (Lipinski definition) is 2. The van der Waals surface area contributed by atoms with Gasteiger partial charge in [0.1, 0.15) is 23.0 Å². The third kappa shape index (κ3) is 5.23. The zero-order chi connectivity index (χ0) is 23.2. The predicted octanol–water partition coefficient (Wildman–Crippen LogP) is 5.37. The highest BCUT2D eigenvalue weighted by Gasteiger charge is 2.19. The van der Waals surface area contributed by atoms with Crippen LogP contribution in [0.2, 0.25) is 0 Å². The van der Waals surface area contributed by atoms with Crippen molar-refractivity contribution in [3.8, 4) is 22.6 Å². The van der Waals surface area contributed by atoms with Gasteiger partial charge in [0.15, 0.2) is 0 Å². The van der Waals surface area contributed by atoms with Gasteiger partial charge in [-0.25, -0.2) is 0 Å². The lowest BCUT2D eigenvalue weighted by atomic mass is 10.1. The average Bonchev–Trinajstić information content (AvgIpc) is 3.42. The van der Waals surface area contributed by atoms with E-state index in [0.29, 0.717) is 53.7 Å². The van der Waals surface area contributed by atoms with Crippen molar-refractivity contribution in [2.24, 2.45) is 0 Å². The van der Waals surface area contributed by atoms with Crippen molar-refractivity contribution < 1.29 is 18.4 Å². The number of amides is 2. The maximum atomic E-state index is 12.7. The molecular weight excluding hydrogens is 416 g/mol. The minimum absolute atomic E-state index is 0.200. The van der Waals surface area contributed by atoms with Crippen molar-refractivity contribution in [3.05, 3.63) is 95.4 Å². The molecule has 33 heavy (non-hydrogen) atoms. The van der Waals surface area contributed by atoms with Gasteiger partial charge in [0.05, 0.1) is 11.1 Å². The van der Waals surface area contributed by atoms with Crippen LogP contribution < -0.4 is 10.6 Å². The van der Waals surface area contributed by atoms with E-state index in [1.165, 1.54) is 0 Å². The van der Waals surface area contributed by atoms with E-state index in [1.54, 1.807) is 12.1 Å². The van der Waals surface area contributed by atoms with Gasteiger partial charge < -0.3 is 19.5 Å². The maximum absolute atomic E-state index is 12.7. The monoisotopic (exact) mass is 442 g/mol. The predicted molar refractivity (Wildman–Crippen MR) is 127 cm³/mol. The Morgan fingerprint density at radius 1 is 0.667 bits per heavy atom. The molecule has 0 spiro atoms. The first-order valence-electron chi connectivity index (χ1n) is 10.9. The van der Waals surface area contributed by atoms with Gasteiger partial charge in [-0.3, -0.25) is 9.59 Å². The summed E-state index contributed by atoms with van der Waals surface area (Å²) in [6, 6.07) is 22.6. The molecule has 0 unspecified atom stereocenters. The van der Waals surface area contributed by atoms with Crippen molar-refractivity contribution in [2.45, 2.75) is 20.3 Å². The lowest BCUT2D eigenvalue weighted by molar-refractivity contribution is 0.0952. The lowest BCUT2D eigenvalue weighted by Gasteiger charge is -2.07. The second-order valence-electron chi connectivity index (χ2n) is 7.80. The molecule has 6 heteroatoms. The molecule has 2 aromatic carbocycles. The number of benzene rings is 2. The fraction of sp³-hybridized carbons (Fsp3) is 0.185. The molecule has 0 aliphatic rings. The Labute approximate surface area is 192 Å². The Balaban J connectivity index is 1.31. The molecule has 2 N–H and O–H groups in total. The number of carbonyl (C=O) groups is 2. The maximum Gasteiger partial charge on any atom is 0.255 e. The smallest absolute Gasteiger partial charge is 0.255 e. The van der Waals surface area contributed by atoms with Crippen LogP contribution in [0.3, 0.4) is 0 Å². The van der Waals surface area contributed by atoms with E-state index in [2.05, 4.69) is 10.6 Å². The van der Waals surface area contributed by atoms with Crippen LogP contribution in [0.25, 0.3) is 22.6 Å². The summed E-state index contributed by atoms with van der Waals surface area (Å²) in [4.78, 5) is 25.4. The first-order valence-corrected chi connectivity index (χ1v) is 10.9. The van der Waals surface area contributed by atoms with Gasteiger partial charge in [-0.15, -0.1) is 0 Å². The van der Waals surface area contributed by atoms with Crippen LogP contribution >= 0.6 is 0 Å². The standard InChI is InChI=1S/C27H26N2O4/c1-18-16-22(24(32-18)20-10-5-3-6-11-20)26(30)28-14-9-15-29-27(31)23-17-19(2)33-25(23)21-12-7-4-8-13-21/h3-8,10-13,16-17H,9,14-15H2,1-2H3,(H,28,30)(H,29,31). The number of furan rings is 2. The minimum Gasteiger partial charge on any atom is -0.461 e.